The third-order valence-electron chi connectivity index (χ3n) is 3.53. The minimum atomic E-state index is -0.414. The van der Waals surface area contributed by atoms with Gasteiger partial charge in [0, 0.05) is 24.8 Å². The molecule has 1 heterocycles. The van der Waals surface area contributed by atoms with Gasteiger partial charge in [-0.2, -0.15) is 0 Å². The van der Waals surface area contributed by atoms with Gasteiger partial charge in [-0.15, -0.1) is 0 Å². The van der Waals surface area contributed by atoms with Crippen LogP contribution in [0.3, 0.4) is 0 Å². The van der Waals surface area contributed by atoms with Crippen molar-refractivity contribution in [3.63, 3.8) is 0 Å². The Labute approximate surface area is 101 Å². The highest BCUT2D eigenvalue weighted by molar-refractivity contribution is 5.28. The first-order valence-corrected chi connectivity index (χ1v) is 5.85. The lowest BCUT2D eigenvalue weighted by molar-refractivity contribution is 0.0881. The first kappa shape index (κ1) is 12.3. The fourth-order valence-corrected chi connectivity index (χ4v) is 2.11. The maximum atomic E-state index is 13.1. The summed E-state index contributed by atoms with van der Waals surface area (Å²) in [6, 6.07) is 4.10. The van der Waals surface area contributed by atoms with Gasteiger partial charge >= 0.3 is 0 Å². The van der Waals surface area contributed by atoms with Gasteiger partial charge in [0.15, 0.2) is 0 Å². The number of halogens is 1. The molecule has 0 amide bonds. The second-order valence-corrected chi connectivity index (χ2v) is 4.85. The van der Waals surface area contributed by atoms with Crippen LogP contribution in [-0.2, 0) is 11.3 Å². The van der Waals surface area contributed by atoms with E-state index in [0.717, 1.165) is 24.7 Å². The van der Waals surface area contributed by atoms with Gasteiger partial charge in [-0.25, -0.2) is 4.39 Å². The number of phenols is 1. The average molecular weight is 239 g/mol. The molecule has 4 heteroatoms. The number of rotatable bonds is 3. The lowest BCUT2D eigenvalue weighted by Gasteiger charge is -2.29. The van der Waals surface area contributed by atoms with Gasteiger partial charge in [-0.05, 0) is 38.0 Å². The van der Waals surface area contributed by atoms with Crippen LogP contribution in [0.5, 0.6) is 5.75 Å². The number of hydrogen-bond donors (Lipinski definition) is 2. The van der Waals surface area contributed by atoms with Crippen LogP contribution in [-0.4, -0.2) is 23.4 Å². The third kappa shape index (κ3) is 2.76. The highest BCUT2D eigenvalue weighted by atomic mass is 19.1. The molecule has 1 aliphatic rings. The predicted octanol–water partition coefficient (Wildman–Crippen LogP) is 2.19. The van der Waals surface area contributed by atoms with E-state index < -0.39 is 5.82 Å². The largest absolute Gasteiger partial charge is 0.508 e. The molecule has 1 aromatic rings. The van der Waals surface area contributed by atoms with E-state index in [1.54, 1.807) is 6.07 Å². The van der Waals surface area contributed by atoms with Gasteiger partial charge in [0.2, 0.25) is 0 Å². The van der Waals surface area contributed by atoms with Crippen LogP contribution in [0.1, 0.15) is 25.8 Å². The first-order valence-electron chi connectivity index (χ1n) is 5.85. The van der Waals surface area contributed by atoms with E-state index >= 15 is 0 Å². The average Bonchev–Trinajstić information content (AvgIpc) is 2.56. The quantitative estimate of drug-likeness (QED) is 0.849. The number of phenolic OH excluding ortho intramolecular Hbond substituents is 1. The minimum absolute atomic E-state index is 0.0392. The minimum Gasteiger partial charge on any atom is -0.508 e. The molecule has 2 atom stereocenters. The maximum absolute atomic E-state index is 13.1. The molecule has 0 saturated carbocycles. The smallest absolute Gasteiger partial charge is 0.127 e. The Morgan fingerprint density at radius 2 is 2.29 bits per heavy atom. The van der Waals surface area contributed by atoms with Crippen LogP contribution >= 0.6 is 0 Å². The van der Waals surface area contributed by atoms with E-state index in [-0.39, 0.29) is 17.4 Å². The summed E-state index contributed by atoms with van der Waals surface area (Å²) in [5.41, 5.74) is 0.657. The summed E-state index contributed by atoms with van der Waals surface area (Å²) in [6.45, 7) is 5.40. The summed E-state index contributed by atoms with van der Waals surface area (Å²) in [6.07, 6.45) is 1.08. The van der Waals surface area contributed by atoms with Crippen molar-refractivity contribution in [3.8, 4) is 5.75 Å². The Morgan fingerprint density at radius 1 is 1.53 bits per heavy atom. The van der Waals surface area contributed by atoms with Gasteiger partial charge in [0.25, 0.3) is 0 Å². The molecule has 94 valence electrons. The molecule has 1 aromatic carbocycles. The Morgan fingerprint density at radius 3 is 2.88 bits per heavy atom. The highest BCUT2D eigenvalue weighted by Crippen LogP contribution is 2.25. The Balaban J connectivity index is 2.02. The molecule has 2 N–H and O–H groups in total. The number of aromatic hydroxyl groups is 1. The molecule has 1 saturated heterocycles. The van der Waals surface area contributed by atoms with Crippen LogP contribution in [0.2, 0.25) is 0 Å². The normalized spacial score (nSPS) is 28.5. The summed E-state index contributed by atoms with van der Waals surface area (Å²) in [7, 11) is 0. The van der Waals surface area contributed by atoms with Crippen LogP contribution in [0.25, 0.3) is 0 Å². The van der Waals surface area contributed by atoms with E-state index in [1.165, 1.54) is 6.07 Å². The number of ether oxygens (including phenoxy) is 1. The molecule has 1 aliphatic heterocycles. The Bertz CT molecular complexity index is 390. The molecule has 3 nitrogen and oxygen atoms in total. The summed E-state index contributed by atoms with van der Waals surface area (Å²) in [4.78, 5) is 0. The molecule has 2 unspecified atom stereocenters. The molecule has 2 rings (SSSR count). The topological polar surface area (TPSA) is 41.5 Å². The van der Waals surface area contributed by atoms with Gasteiger partial charge in [0.05, 0.1) is 6.10 Å². The zero-order valence-corrected chi connectivity index (χ0v) is 10.2. The molecule has 1 fully saturated rings. The standard InChI is InChI=1S/C13H18FNO2/c1-9-13(2,3-4-17-9)15-8-10-5-11(14)7-12(16)6-10/h5-7,9,15-16H,3-4,8H2,1-2H3. The SMILES string of the molecule is CC1OCCC1(C)NCc1cc(O)cc(F)c1. The van der Waals surface area contributed by atoms with Crippen LogP contribution in [0, 0.1) is 5.82 Å². The van der Waals surface area contributed by atoms with Crippen molar-refractivity contribution in [1.29, 1.82) is 0 Å². The van der Waals surface area contributed by atoms with E-state index in [4.69, 9.17) is 4.74 Å². The van der Waals surface area contributed by atoms with Crippen molar-refractivity contribution in [2.45, 2.75) is 38.5 Å². The van der Waals surface area contributed by atoms with E-state index in [2.05, 4.69) is 12.2 Å². The molecule has 17 heavy (non-hydrogen) atoms. The zero-order chi connectivity index (χ0) is 12.5. The van der Waals surface area contributed by atoms with Crippen LogP contribution in [0.4, 0.5) is 4.39 Å². The number of nitrogens with one attached hydrogen (secondary N) is 1. The molecular formula is C13H18FNO2. The van der Waals surface area contributed by atoms with Crippen molar-refractivity contribution in [2.24, 2.45) is 0 Å². The van der Waals surface area contributed by atoms with E-state index in [9.17, 15) is 9.50 Å². The van der Waals surface area contributed by atoms with Crippen molar-refractivity contribution in [1.82, 2.24) is 5.32 Å². The fourth-order valence-electron chi connectivity index (χ4n) is 2.11. The zero-order valence-electron chi connectivity index (χ0n) is 10.2. The summed E-state index contributed by atoms with van der Waals surface area (Å²) < 4.78 is 18.6. The fraction of sp³-hybridized carbons (Fsp3) is 0.538. The lowest BCUT2D eigenvalue weighted by atomic mass is 9.94. The van der Waals surface area contributed by atoms with Crippen LogP contribution < -0.4 is 5.32 Å². The van der Waals surface area contributed by atoms with Gasteiger partial charge in [-0.3, -0.25) is 0 Å². The predicted molar refractivity (Wildman–Crippen MR) is 63.3 cm³/mol. The summed E-state index contributed by atoms with van der Waals surface area (Å²) in [5.74, 6) is -0.453. The van der Waals surface area contributed by atoms with Gasteiger partial charge in [0.1, 0.15) is 11.6 Å². The summed E-state index contributed by atoms with van der Waals surface area (Å²) in [5, 5.41) is 12.7. The second-order valence-electron chi connectivity index (χ2n) is 4.85. The molecule has 0 bridgehead atoms. The third-order valence-corrected chi connectivity index (χ3v) is 3.53. The molecule has 0 spiro atoms. The van der Waals surface area contributed by atoms with Crippen molar-refractivity contribution in [2.75, 3.05) is 6.61 Å². The van der Waals surface area contributed by atoms with E-state index in [0.29, 0.717) is 6.54 Å². The van der Waals surface area contributed by atoms with Gasteiger partial charge < -0.3 is 15.2 Å². The van der Waals surface area contributed by atoms with Crippen molar-refractivity contribution in [3.05, 3.63) is 29.6 Å². The Hall–Kier alpha value is -1.13. The summed E-state index contributed by atoms with van der Waals surface area (Å²) >= 11 is 0. The number of benzene rings is 1. The number of hydrogen-bond acceptors (Lipinski definition) is 3. The molecule has 0 radical (unpaired) electrons. The van der Waals surface area contributed by atoms with Crippen molar-refractivity contribution >= 4 is 0 Å². The second kappa shape index (κ2) is 4.63. The maximum Gasteiger partial charge on any atom is 0.127 e. The Kier molecular flexibility index (Phi) is 3.35. The van der Waals surface area contributed by atoms with Gasteiger partial charge in [-0.1, -0.05) is 0 Å². The molecule has 0 aliphatic carbocycles. The molecular weight excluding hydrogens is 221 g/mol. The highest BCUT2D eigenvalue weighted by Gasteiger charge is 2.36. The van der Waals surface area contributed by atoms with E-state index in [1.807, 2.05) is 6.92 Å². The monoisotopic (exact) mass is 239 g/mol. The lowest BCUT2D eigenvalue weighted by Crippen LogP contribution is -2.47. The molecule has 0 aromatic heterocycles. The van der Waals surface area contributed by atoms with Crippen LogP contribution in [0.15, 0.2) is 18.2 Å². The van der Waals surface area contributed by atoms with Crippen molar-refractivity contribution < 1.29 is 14.2 Å². The first-order chi connectivity index (χ1) is 7.99.